The largest absolute Gasteiger partial charge is 0.481 e. The number of ketones is 1. The number of hydrogen-bond acceptors (Lipinski definition) is 6. The van der Waals surface area contributed by atoms with Crippen molar-refractivity contribution >= 4 is 17.7 Å². The number of hydrogen-bond donors (Lipinski definition) is 3. The topological polar surface area (TPSA) is 121 Å². The van der Waals surface area contributed by atoms with Crippen molar-refractivity contribution in [2.75, 3.05) is 6.54 Å². The molecule has 0 spiro atoms. The molecule has 0 aliphatic heterocycles. The molecule has 1 aromatic heterocycles. The molecule has 51 heavy (non-hydrogen) atoms. The van der Waals surface area contributed by atoms with Gasteiger partial charge in [0.05, 0.1) is 18.4 Å². The minimum Gasteiger partial charge on any atom is -0.481 e. The fraction of sp³-hybridized carbons (Fsp3) is 0.814. The van der Waals surface area contributed by atoms with Gasteiger partial charge in [-0.25, -0.2) is 4.98 Å². The molecule has 0 bridgehead atoms. The maximum atomic E-state index is 14.0. The molecule has 5 saturated carbocycles. The lowest BCUT2D eigenvalue weighted by Crippen LogP contribution is -2.66. The SMILES string of the molecule is CC(C)C1=C2[C@H]3CC[C@@H]4[C@@]5(C)CC[C@H](OC(=O)[C@H]6C[C@@H](C(=O)O)C6(C)C)C(C)(C)[C@@H]5CC[C@@]4(C)[C@]3(C)CC[C@@]2(CCNCc2ncc[nH]2)CC1=O. The number of carbonyl (C=O) groups is 3. The standard InChI is InChI=1S/C43H65N3O5/c1-25(2)34-29(47)23-43(18-19-44-24-33-45-20-21-46-33)17-16-41(8)26(35(34)43)10-11-31-40(7)14-13-32(39(5,6)30(40)12-15-42(31,41)9)51-37(50)28-22-27(36(48)49)38(28,3)4/h20-21,25-28,30-32,44H,10-19,22-24H2,1-9H3,(H,45,46)(H,48,49)/t26-,27+,28-,30+,31-,32+,40+,41-,42-,43-/m1/s1. The van der Waals surface area contributed by atoms with Crippen LogP contribution in [0, 0.1) is 68.0 Å². The lowest BCUT2D eigenvalue weighted by atomic mass is 9.33. The molecule has 1 heterocycles. The van der Waals surface area contributed by atoms with E-state index in [4.69, 9.17) is 4.74 Å². The summed E-state index contributed by atoms with van der Waals surface area (Å²) in [6.45, 7) is 22.4. The number of allylic oxidation sites excluding steroid dienone is 2. The van der Waals surface area contributed by atoms with E-state index in [-0.39, 0.29) is 51.0 Å². The summed E-state index contributed by atoms with van der Waals surface area (Å²) in [6, 6.07) is 0. The fourth-order valence-corrected chi connectivity index (χ4v) is 14.1. The molecule has 1 aromatic rings. The summed E-state index contributed by atoms with van der Waals surface area (Å²) in [5.74, 6) is 1.18. The van der Waals surface area contributed by atoms with Gasteiger partial charge in [-0.05, 0) is 122 Å². The lowest BCUT2D eigenvalue weighted by Gasteiger charge is -2.72. The zero-order valence-corrected chi connectivity index (χ0v) is 32.9. The number of imidazole rings is 1. The van der Waals surface area contributed by atoms with Gasteiger partial charge >= 0.3 is 11.9 Å². The number of aromatic amines is 1. The third-order valence-electron chi connectivity index (χ3n) is 17.3. The fourth-order valence-electron chi connectivity index (χ4n) is 14.1. The van der Waals surface area contributed by atoms with Gasteiger partial charge in [-0.1, -0.05) is 67.9 Å². The van der Waals surface area contributed by atoms with E-state index in [9.17, 15) is 19.5 Å². The molecule has 282 valence electrons. The van der Waals surface area contributed by atoms with Crippen LogP contribution in [-0.2, 0) is 25.7 Å². The van der Waals surface area contributed by atoms with Crippen molar-refractivity contribution in [1.29, 1.82) is 0 Å². The van der Waals surface area contributed by atoms with Gasteiger partial charge in [0.15, 0.2) is 5.78 Å². The van der Waals surface area contributed by atoms with Crippen LogP contribution in [0.2, 0.25) is 0 Å². The van der Waals surface area contributed by atoms with Crippen LogP contribution in [0.15, 0.2) is 23.5 Å². The number of nitrogens with one attached hydrogen (secondary N) is 2. The lowest BCUT2D eigenvalue weighted by molar-refractivity contribution is -0.236. The average Bonchev–Trinajstić information content (AvgIpc) is 3.66. The predicted molar refractivity (Wildman–Crippen MR) is 197 cm³/mol. The van der Waals surface area contributed by atoms with Crippen LogP contribution in [0.3, 0.4) is 0 Å². The molecule has 0 amide bonds. The Labute approximate surface area is 306 Å². The first-order valence-electron chi connectivity index (χ1n) is 20.2. The van der Waals surface area contributed by atoms with Gasteiger partial charge in [0.2, 0.25) is 0 Å². The smallest absolute Gasteiger partial charge is 0.309 e. The van der Waals surface area contributed by atoms with Gasteiger partial charge in [-0.15, -0.1) is 0 Å². The molecule has 0 radical (unpaired) electrons. The second-order valence-corrected chi connectivity index (χ2v) is 20.2. The summed E-state index contributed by atoms with van der Waals surface area (Å²) in [5, 5.41) is 13.3. The van der Waals surface area contributed by atoms with Gasteiger partial charge in [0.25, 0.3) is 0 Å². The van der Waals surface area contributed by atoms with Crippen LogP contribution in [0.1, 0.15) is 139 Å². The van der Waals surface area contributed by atoms with Gasteiger partial charge < -0.3 is 20.1 Å². The monoisotopic (exact) mass is 703 g/mol. The number of rotatable bonds is 9. The van der Waals surface area contributed by atoms with Crippen LogP contribution in [0.5, 0.6) is 0 Å². The molecule has 5 fully saturated rings. The summed E-state index contributed by atoms with van der Waals surface area (Å²) < 4.78 is 6.42. The Morgan fingerprint density at radius 3 is 2.33 bits per heavy atom. The number of carboxylic acid groups (broad SMARTS) is 1. The van der Waals surface area contributed by atoms with Gasteiger partial charge in [-0.2, -0.15) is 0 Å². The Bertz CT molecular complexity index is 1590. The molecule has 0 aromatic carbocycles. The molecule has 6 aliphatic rings. The molecule has 0 saturated heterocycles. The zero-order valence-electron chi connectivity index (χ0n) is 32.9. The van der Waals surface area contributed by atoms with Crippen molar-refractivity contribution < 1.29 is 24.2 Å². The Hall–Kier alpha value is -2.48. The third-order valence-corrected chi connectivity index (χ3v) is 17.3. The number of nitrogens with zero attached hydrogens (tertiary/aromatic N) is 1. The van der Waals surface area contributed by atoms with E-state index in [1.807, 2.05) is 20.0 Å². The van der Waals surface area contributed by atoms with E-state index in [0.29, 0.717) is 42.9 Å². The molecular weight excluding hydrogens is 638 g/mol. The molecule has 0 unspecified atom stereocenters. The Morgan fingerprint density at radius 2 is 1.69 bits per heavy atom. The highest BCUT2D eigenvalue weighted by atomic mass is 16.5. The summed E-state index contributed by atoms with van der Waals surface area (Å²) in [6.07, 6.45) is 14.4. The van der Waals surface area contributed by atoms with Gasteiger partial charge in [0.1, 0.15) is 11.9 Å². The Morgan fingerprint density at radius 1 is 0.941 bits per heavy atom. The van der Waals surface area contributed by atoms with Crippen LogP contribution in [-0.4, -0.2) is 45.4 Å². The highest BCUT2D eigenvalue weighted by Crippen LogP contribution is 2.77. The van der Waals surface area contributed by atoms with E-state index in [1.54, 1.807) is 11.8 Å². The van der Waals surface area contributed by atoms with Crippen LogP contribution in [0.4, 0.5) is 0 Å². The Kier molecular flexibility index (Phi) is 8.87. The summed E-state index contributed by atoms with van der Waals surface area (Å²) >= 11 is 0. The van der Waals surface area contributed by atoms with Crippen molar-refractivity contribution in [3.63, 3.8) is 0 Å². The second kappa shape index (κ2) is 12.3. The molecule has 3 N–H and O–H groups in total. The first-order valence-corrected chi connectivity index (χ1v) is 20.2. The van der Waals surface area contributed by atoms with E-state index in [1.165, 1.54) is 19.3 Å². The second-order valence-electron chi connectivity index (χ2n) is 20.2. The molecule has 7 rings (SSSR count). The minimum atomic E-state index is -0.815. The molecule has 8 nitrogen and oxygen atoms in total. The van der Waals surface area contributed by atoms with Crippen molar-refractivity contribution in [3.05, 3.63) is 29.4 Å². The number of fused-ring (bicyclic) bond motifs is 7. The van der Waals surface area contributed by atoms with E-state index in [0.717, 1.165) is 56.5 Å². The van der Waals surface area contributed by atoms with Crippen LogP contribution in [0.25, 0.3) is 0 Å². The first-order chi connectivity index (χ1) is 23.8. The maximum absolute atomic E-state index is 14.0. The number of carboxylic acids is 1. The number of carbonyl (C=O) groups excluding carboxylic acids is 2. The van der Waals surface area contributed by atoms with Crippen LogP contribution >= 0.6 is 0 Å². The number of aromatic nitrogens is 2. The number of aliphatic carboxylic acids is 1. The third kappa shape index (κ3) is 5.28. The highest BCUT2D eigenvalue weighted by Gasteiger charge is 2.70. The highest BCUT2D eigenvalue weighted by molar-refractivity contribution is 6.00. The van der Waals surface area contributed by atoms with Gasteiger partial charge in [-0.3, -0.25) is 14.4 Å². The molecule has 8 heteroatoms. The first kappa shape index (κ1) is 36.9. The van der Waals surface area contributed by atoms with Crippen molar-refractivity contribution in [1.82, 2.24) is 15.3 Å². The van der Waals surface area contributed by atoms with Crippen molar-refractivity contribution in [2.45, 2.75) is 146 Å². The normalized spacial score (nSPS) is 42.4. The summed E-state index contributed by atoms with van der Waals surface area (Å²) in [7, 11) is 0. The summed E-state index contributed by atoms with van der Waals surface area (Å²) in [5.41, 5.74) is 2.34. The molecule has 6 aliphatic carbocycles. The number of Topliss-reactive ketones (excluding diaryl/α,β-unsaturated/α-hetero) is 1. The van der Waals surface area contributed by atoms with Crippen LogP contribution < -0.4 is 5.32 Å². The van der Waals surface area contributed by atoms with E-state index in [2.05, 4.69) is 63.8 Å². The summed E-state index contributed by atoms with van der Waals surface area (Å²) in [4.78, 5) is 46.9. The number of H-pyrrole nitrogens is 1. The minimum absolute atomic E-state index is 0.0370. The van der Waals surface area contributed by atoms with Crippen molar-refractivity contribution in [2.24, 2.45) is 68.0 Å². The quantitative estimate of drug-likeness (QED) is 0.174. The van der Waals surface area contributed by atoms with E-state index < -0.39 is 17.3 Å². The zero-order chi connectivity index (χ0) is 36.9. The predicted octanol–water partition coefficient (Wildman–Crippen LogP) is 8.53. The number of ether oxygens (including phenoxy) is 1. The van der Waals surface area contributed by atoms with Crippen molar-refractivity contribution in [3.8, 4) is 0 Å². The maximum Gasteiger partial charge on any atom is 0.309 e. The number of esters is 1. The Balaban J connectivity index is 1.12. The van der Waals surface area contributed by atoms with Gasteiger partial charge in [0, 0.05) is 29.6 Å². The molecular formula is C43H65N3O5. The molecule has 10 atom stereocenters. The van der Waals surface area contributed by atoms with E-state index >= 15 is 0 Å². The average molecular weight is 704 g/mol.